The quantitative estimate of drug-likeness (QED) is 0.204. The van der Waals surface area contributed by atoms with E-state index in [4.69, 9.17) is 0 Å². The Bertz CT molecular complexity index is 4350. The lowest BCUT2D eigenvalue weighted by Gasteiger charge is -2.36. The third kappa shape index (κ3) is 28.0. The van der Waals surface area contributed by atoms with Gasteiger partial charge in [-0.05, 0) is 68.7 Å². The van der Waals surface area contributed by atoms with Gasteiger partial charge in [0.1, 0.15) is 0 Å². The van der Waals surface area contributed by atoms with Gasteiger partial charge >= 0.3 is 24.8 Å². The SMILES string of the molecule is CC1(C)OS(=O)(=O)C(C)(C)S(=O)(=O)O1.CC1(C)OS(=O)(=O)CS(=O)(=O)O1.CC1(C)S(=O)(=O)OCOS1(=O)=O.CC1S(=O)(=O)OCCOS1(=O)=O.O=S1(=O)CS(=O)(=O)OCCCO1.O=S1(=O)CS(=O)(=O)OCCO1.O=S1(=O)CS(=O)(=O)OCO1.O=S1(=O)OCOS(=O)(=O)C1(F)F. The zero-order valence-electron chi connectivity index (χ0n) is 48.9. The summed E-state index contributed by atoms with van der Waals surface area (Å²) < 4.78 is 426. The molecule has 0 unspecified atom stereocenters. The Labute approximate surface area is 545 Å². The number of hydrogen-bond donors (Lipinski definition) is 0. The van der Waals surface area contributed by atoms with Crippen molar-refractivity contribution in [2.45, 2.75) is 97.6 Å². The molecule has 0 aromatic carbocycles. The molecule has 8 heterocycles. The molecule has 0 aromatic rings. The first-order chi connectivity index (χ1) is 41.6. The second-order valence-electron chi connectivity index (χ2n) is 19.0. The number of alkyl halides is 2. The van der Waals surface area contributed by atoms with Crippen molar-refractivity contribution in [2.24, 2.45) is 0 Å². The van der Waals surface area contributed by atoms with Gasteiger partial charge in [-0.25, -0.2) is 41.8 Å². The van der Waals surface area contributed by atoms with Crippen molar-refractivity contribution in [3.8, 4) is 0 Å². The van der Waals surface area contributed by atoms with Gasteiger partial charge in [0, 0.05) is 0 Å². The highest BCUT2D eigenvalue weighted by atomic mass is 32.3. The van der Waals surface area contributed by atoms with E-state index in [-0.39, 0.29) is 46.1 Å². The Morgan fingerprint density at radius 3 is 0.747 bits per heavy atom. The molecule has 0 N–H and O–H groups in total. The molecule has 0 amide bonds. The number of halogens is 2. The Kier molecular flexibility index (Phi) is 30.0. The third-order valence-electron chi connectivity index (χ3n) is 9.50. The van der Waals surface area contributed by atoms with Crippen molar-refractivity contribution < 1.29 is 210 Å². The molecule has 0 atom stereocenters. The van der Waals surface area contributed by atoms with Crippen molar-refractivity contribution in [3.05, 3.63) is 0 Å². The van der Waals surface area contributed by atoms with Crippen LogP contribution in [0.3, 0.4) is 0 Å². The van der Waals surface area contributed by atoms with Gasteiger partial charge in [0.25, 0.3) is 142 Å². The molecule has 0 radical (unpaired) electrons. The van der Waals surface area contributed by atoms with E-state index in [2.05, 4.69) is 66.9 Å². The van der Waals surface area contributed by atoms with Gasteiger partial charge in [0.05, 0.1) is 39.6 Å². The molecule has 8 rings (SSSR count). The fourth-order valence-electron chi connectivity index (χ4n) is 4.97. The maximum atomic E-state index is 12.3. The van der Waals surface area contributed by atoms with Crippen molar-refractivity contribution in [2.75, 3.05) is 80.4 Å². The standard InChI is InChI=1S/C6H12O6S2.4C4H8O6S2.C3H6O6S2.C2H2F2O6S2.C2H4O6S2/c1-5(2)11-13(7,8)6(3,4)14(9,10)12-5;1-4(2)9-11(5,6)3-12(7,8)10-4;1-4(2)11(5,6)9-3-10-12(4,7)8;1-4-11(5,6)9-2-3-10-12(4,7)8;5-11(6)4-12(7,8)10-3-1-2-9-11;4-10(5)3-11(6,7)9-2-1-8-10;3-2(4)11(5,6)9-1-10-12(2,7)8;3-9(4)2-10(5,6)8-1-7-9/h1-4H3;2*3H2,1-2H3;4H,2-3H2,1H3;1-4H2;1-3H2;1H2;1-2H2. The fraction of sp³-hybridized carbons (Fsp3) is 1.00. The molecule has 0 bridgehead atoms. The van der Waals surface area contributed by atoms with Crippen LogP contribution in [0.5, 0.6) is 0 Å². The van der Waals surface area contributed by atoms with Crippen molar-refractivity contribution >= 4 is 162 Å². The van der Waals surface area contributed by atoms with Gasteiger partial charge in [-0.3, -0.25) is 25.1 Å². The first-order valence-electron chi connectivity index (χ1n) is 23.2. The monoisotopic (exact) mass is 1720 g/mol. The summed E-state index contributed by atoms with van der Waals surface area (Å²) in [6, 6.07) is 0. The van der Waals surface area contributed by atoms with Crippen molar-refractivity contribution in [1.82, 2.24) is 0 Å². The van der Waals surface area contributed by atoms with Crippen LogP contribution in [0.1, 0.15) is 68.7 Å². The first-order valence-corrected chi connectivity index (χ1v) is 47.3. The summed E-state index contributed by atoms with van der Waals surface area (Å²) in [4.78, 5) is 0. The van der Waals surface area contributed by atoms with E-state index in [0.29, 0.717) is 0 Å². The molecule has 8 aliphatic heterocycles. The summed E-state index contributed by atoms with van der Waals surface area (Å²) in [6.07, 6.45) is 0.248. The fourth-order valence-corrected chi connectivity index (χ4v) is 25.3. The van der Waals surface area contributed by atoms with Crippen LogP contribution in [0.25, 0.3) is 0 Å². The highest BCUT2D eigenvalue weighted by Gasteiger charge is 2.63. The topological polar surface area (TPSA) is 694 Å². The molecule has 8 aliphatic rings. The minimum Gasteiger partial charge on any atom is -0.269 e. The Morgan fingerprint density at radius 2 is 0.484 bits per heavy atom. The second-order valence-corrected chi connectivity index (χ2v) is 50.2. The molecule has 8 fully saturated rings. The van der Waals surface area contributed by atoms with Gasteiger partial charge in [-0.2, -0.15) is 143 Å². The Hall–Kier alpha value is -1.58. The summed E-state index contributed by atoms with van der Waals surface area (Å²) in [7, 11) is -67.0. The van der Waals surface area contributed by atoms with Gasteiger partial charge in [0.15, 0.2) is 32.0 Å². The van der Waals surface area contributed by atoms with Gasteiger partial charge in [-0.1, -0.05) is 0 Å². The van der Waals surface area contributed by atoms with Crippen molar-refractivity contribution in [3.63, 3.8) is 0 Å². The minimum absolute atomic E-state index is 0.0299. The largest absolute Gasteiger partial charge is 0.496 e. The van der Waals surface area contributed by atoms with E-state index in [1.165, 1.54) is 27.7 Å². The molecule has 0 aliphatic carbocycles. The summed E-state index contributed by atoms with van der Waals surface area (Å²) in [5.74, 6) is -3.30. The van der Waals surface area contributed by atoms with E-state index in [1.54, 1.807) is 0 Å². The lowest BCUT2D eigenvalue weighted by molar-refractivity contribution is -0.0815. The highest BCUT2D eigenvalue weighted by molar-refractivity contribution is 8.08. The lowest BCUT2D eigenvalue weighted by atomic mass is 10.4. The van der Waals surface area contributed by atoms with Crippen LogP contribution in [0.15, 0.2) is 0 Å². The smallest absolute Gasteiger partial charge is 0.269 e. The molecule has 0 spiro atoms. The summed E-state index contributed by atoms with van der Waals surface area (Å²) in [5, 5.41) is -4.41. The molecule has 570 valence electrons. The average Bonchev–Trinajstić information content (AvgIpc) is 1.13. The summed E-state index contributed by atoms with van der Waals surface area (Å²) in [6.45, 7) is 6.09. The van der Waals surface area contributed by atoms with Crippen LogP contribution in [0.2, 0.25) is 0 Å². The lowest BCUT2D eigenvalue weighted by Crippen LogP contribution is -2.54. The van der Waals surface area contributed by atoms with E-state index in [0.717, 1.165) is 34.6 Å². The van der Waals surface area contributed by atoms with Crippen LogP contribution in [0.4, 0.5) is 8.78 Å². The molecular weight excluding hydrogens is 1670 g/mol. The van der Waals surface area contributed by atoms with Gasteiger partial charge in [-0.15, -0.1) is 0 Å². The maximum absolute atomic E-state index is 12.3. The number of hydrogen-bond acceptors (Lipinski definition) is 48. The minimum atomic E-state index is -5.41. The van der Waals surface area contributed by atoms with Gasteiger partial charge < -0.3 is 0 Å². The zero-order chi connectivity index (χ0) is 75.3. The number of rotatable bonds is 0. The second kappa shape index (κ2) is 31.2. The molecule has 8 saturated heterocycles. The molecule has 0 saturated carbocycles. The summed E-state index contributed by atoms with van der Waals surface area (Å²) >= 11 is 0. The van der Waals surface area contributed by atoms with Crippen LogP contribution >= 0.6 is 0 Å². The van der Waals surface area contributed by atoms with Crippen LogP contribution in [-0.2, 0) is 229 Å². The molecular formula is C29H56F2O48S16. The van der Waals surface area contributed by atoms with Crippen molar-refractivity contribution in [1.29, 1.82) is 0 Å². The van der Waals surface area contributed by atoms with E-state index in [9.17, 15) is 143 Å². The molecule has 66 heteroatoms. The zero-order valence-corrected chi connectivity index (χ0v) is 61.9. The summed E-state index contributed by atoms with van der Waals surface area (Å²) in [5.41, 5.74) is 0. The average molecular weight is 1720 g/mol. The third-order valence-corrected chi connectivity index (χ3v) is 39.6. The maximum Gasteiger partial charge on any atom is 0.496 e. The Balaban J connectivity index is 0.000000544. The molecule has 48 nitrogen and oxygen atoms in total. The van der Waals surface area contributed by atoms with E-state index < -0.39 is 232 Å². The first kappa shape index (κ1) is 91.4. The van der Waals surface area contributed by atoms with Crippen LogP contribution < -0.4 is 0 Å². The van der Waals surface area contributed by atoms with E-state index >= 15 is 0 Å². The predicted octanol–water partition coefficient (Wildman–Crippen LogP) is -6.52. The molecule has 0 aromatic heterocycles. The highest BCUT2D eigenvalue weighted by Crippen LogP contribution is 2.39. The predicted molar refractivity (Wildman–Crippen MR) is 299 cm³/mol. The van der Waals surface area contributed by atoms with Crippen LogP contribution in [-0.4, -0.2) is 244 Å². The normalized spacial score (nSPS) is 30.4. The molecule has 95 heavy (non-hydrogen) atoms. The Morgan fingerprint density at radius 1 is 0.263 bits per heavy atom. The van der Waals surface area contributed by atoms with Crippen LogP contribution in [0, 0.1) is 0 Å². The van der Waals surface area contributed by atoms with Gasteiger partial charge in [0.2, 0.25) is 33.1 Å². The van der Waals surface area contributed by atoms with E-state index in [1.807, 2.05) is 0 Å².